The van der Waals surface area contributed by atoms with Crippen molar-refractivity contribution in [3.05, 3.63) is 48.3 Å². The van der Waals surface area contributed by atoms with E-state index in [4.69, 9.17) is 0 Å². The molecule has 142 valence electrons. The molecule has 2 heterocycles. The lowest BCUT2D eigenvalue weighted by Gasteiger charge is -2.36. The molecular weight excluding hydrogens is 371 g/mol. The van der Waals surface area contributed by atoms with E-state index in [9.17, 15) is 17.6 Å². The van der Waals surface area contributed by atoms with Crippen LogP contribution in [0.1, 0.15) is 6.42 Å². The van der Waals surface area contributed by atoms with Crippen LogP contribution in [-0.2, 0) is 14.8 Å². The molecule has 2 aliphatic heterocycles. The number of halogens is 1. The van der Waals surface area contributed by atoms with Gasteiger partial charge in [0.15, 0.2) is 0 Å². The SMILES string of the molecule is O=C1CC2CNCCN2c2ccc(NS(=O)(=O)c3ccccc3F)cc2N1. The standard InChI is InChI=1S/C18H19FN4O3S/c19-14-3-1-2-4-17(14)27(25,26)22-12-5-6-16-15(9-12)21-18(24)10-13-11-20-7-8-23(13)16/h1-6,9,13,20,22H,7-8,10-11H2,(H,21,24). The first kappa shape index (κ1) is 17.7. The number of nitrogens with zero attached hydrogens (tertiary/aromatic N) is 1. The minimum Gasteiger partial charge on any atom is -0.364 e. The third kappa shape index (κ3) is 3.47. The first-order valence-corrected chi connectivity index (χ1v) is 10.1. The Morgan fingerprint density at radius 2 is 2.00 bits per heavy atom. The zero-order chi connectivity index (χ0) is 19.0. The molecule has 2 aromatic rings. The highest BCUT2D eigenvalue weighted by Crippen LogP contribution is 2.34. The maximum Gasteiger partial charge on any atom is 0.264 e. The van der Waals surface area contributed by atoms with E-state index < -0.39 is 20.7 Å². The van der Waals surface area contributed by atoms with Crippen molar-refractivity contribution in [1.82, 2.24) is 5.32 Å². The highest BCUT2D eigenvalue weighted by molar-refractivity contribution is 7.92. The maximum atomic E-state index is 13.9. The van der Waals surface area contributed by atoms with E-state index in [2.05, 4.69) is 20.3 Å². The van der Waals surface area contributed by atoms with Crippen molar-refractivity contribution in [2.24, 2.45) is 0 Å². The molecule has 0 saturated carbocycles. The third-order valence-electron chi connectivity index (χ3n) is 4.73. The van der Waals surface area contributed by atoms with E-state index in [0.717, 1.165) is 24.8 Å². The smallest absolute Gasteiger partial charge is 0.264 e. The van der Waals surface area contributed by atoms with Crippen LogP contribution in [0, 0.1) is 5.82 Å². The van der Waals surface area contributed by atoms with Crippen LogP contribution in [0.4, 0.5) is 21.5 Å². The van der Waals surface area contributed by atoms with Crippen LogP contribution in [-0.4, -0.2) is 40.0 Å². The predicted octanol–water partition coefficient (Wildman–Crippen LogP) is 1.75. The van der Waals surface area contributed by atoms with Crippen LogP contribution in [0.3, 0.4) is 0 Å². The summed E-state index contributed by atoms with van der Waals surface area (Å²) in [4.78, 5) is 13.9. The zero-order valence-electron chi connectivity index (χ0n) is 14.4. The average molecular weight is 390 g/mol. The lowest BCUT2D eigenvalue weighted by Crippen LogP contribution is -2.51. The second kappa shape index (κ2) is 6.82. The fourth-order valence-corrected chi connectivity index (χ4v) is 4.63. The number of benzene rings is 2. The first-order chi connectivity index (χ1) is 12.9. The second-order valence-electron chi connectivity index (χ2n) is 6.57. The summed E-state index contributed by atoms with van der Waals surface area (Å²) in [6.07, 6.45) is 0.359. The van der Waals surface area contributed by atoms with Crippen LogP contribution in [0.5, 0.6) is 0 Å². The van der Waals surface area contributed by atoms with Crippen molar-refractivity contribution < 1.29 is 17.6 Å². The fourth-order valence-electron chi connectivity index (χ4n) is 3.50. The topological polar surface area (TPSA) is 90.5 Å². The summed E-state index contributed by atoms with van der Waals surface area (Å²) in [5.74, 6) is -0.946. The lowest BCUT2D eigenvalue weighted by molar-refractivity contribution is -0.116. The largest absolute Gasteiger partial charge is 0.364 e. The number of carbonyl (C=O) groups is 1. The third-order valence-corrected chi connectivity index (χ3v) is 6.14. The number of rotatable bonds is 3. The Kier molecular flexibility index (Phi) is 4.48. The molecule has 1 atom stereocenters. The quantitative estimate of drug-likeness (QED) is 0.743. The van der Waals surface area contributed by atoms with Crippen molar-refractivity contribution in [1.29, 1.82) is 0 Å². The molecule has 1 saturated heterocycles. The van der Waals surface area contributed by atoms with Crippen LogP contribution in [0.25, 0.3) is 0 Å². The van der Waals surface area contributed by atoms with E-state index >= 15 is 0 Å². The number of hydrogen-bond acceptors (Lipinski definition) is 5. The minimum absolute atomic E-state index is 0.0564. The van der Waals surface area contributed by atoms with Gasteiger partial charge in [-0.3, -0.25) is 9.52 Å². The van der Waals surface area contributed by atoms with E-state index in [1.54, 1.807) is 18.2 Å². The fraction of sp³-hybridized carbons (Fsp3) is 0.278. The number of amides is 1. The van der Waals surface area contributed by atoms with Gasteiger partial charge in [-0.2, -0.15) is 0 Å². The van der Waals surface area contributed by atoms with Gasteiger partial charge in [-0.15, -0.1) is 0 Å². The predicted molar refractivity (Wildman–Crippen MR) is 101 cm³/mol. The number of piperazine rings is 1. The molecule has 2 aliphatic rings. The Hall–Kier alpha value is -2.65. The average Bonchev–Trinajstić information content (AvgIpc) is 2.76. The second-order valence-corrected chi connectivity index (χ2v) is 8.22. The van der Waals surface area contributed by atoms with Crippen LogP contribution in [0.15, 0.2) is 47.4 Å². The highest BCUT2D eigenvalue weighted by Gasteiger charge is 2.30. The molecule has 0 radical (unpaired) electrons. The highest BCUT2D eigenvalue weighted by atomic mass is 32.2. The number of anilines is 3. The molecule has 2 aromatic carbocycles. The van der Waals surface area contributed by atoms with Crippen molar-refractivity contribution in [3.63, 3.8) is 0 Å². The molecule has 9 heteroatoms. The first-order valence-electron chi connectivity index (χ1n) is 8.63. The number of sulfonamides is 1. The van der Waals surface area contributed by atoms with Gasteiger partial charge in [0.25, 0.3) is 10.0 Å². The monoisotopic (exact) mass is 390 g/mol. The van der Waals surface area contributed by atoms with Crippen LogP contribution < -0.4 is 20.3 Å². The number of carbonyl (C=O) groups excluding carboxylic acids is 1. The molecule has 1 unspecified atom stereocenters. The molecule has 0 bridgehead atoms. The van der Waals surface area contributed by atoms with Crippen molar-refractivity contribution in [3.8, 4) is 0 Å². The number of nitrogens with one attached hydrogen (secondary N) is 3. The van der Waals surface area contributed by atoms with Gasteiger partial charge in [-0.1, -0.05) is 12.1 Å². The summed E-state index contributed by atoms with van der Waals surface area (Å²) >= 11 is 0. The Labute approximate surface area is 156 Å². The van der Waals surface area contributed by atoms with Crippen molar-refractivity contribution >= 4 is 33.0 Å². The van der Waals surface area contributed by atoms with Crippen molar-refractivity contribution in [2.75, 3.05) is 34.6 Å². The van der Waals surface area contributed by atoms with Crippen LogP contribution in [0.2, 0.25) is 0 Å². The van der Waals surface area contributed by atoms with Gasteiger partial charge >= 0.3 is 0 Å². The number of fused-ring (bicyclic) bond motifs is 3. The van der Waals surface area contributed by atoms with Gasteiger partial charge in [0.05, 0.1) is 23.1 Å². The van der Waals surface area contributed by atoms with Crippen LogP contribution >= 0.6 is 0 Å². The van der Waals surface area contributed by atoms with Gasteiger partial charge in [-0.05, 0) is 30.3 Å². The van der Waals surface area contributed by atoms with E-state index in [1.807, 2.05) is 0 Å². The minimum atomic E-state index is -4.08. The van der Waals surface area contributed by atoms with Crippen molar-refractivity contribution in [2.45, 2.75) is 17.4 Å². The Morgan fingerprint density at radius 1 is 1.19 bits per heavy atom. The molecule has 0 aliphatic carbocycles. The molecule has 4 rings (SSSR count). The Bertz CT molecular complexity index is 996. The summed E-state index contributed by atoms with van der Waals surface area (Å²) < 4.78 is 41.2. The van der Waals surface area contributed by atoms with Gasteiger partial charge in [0.2, 0.25) is 5.91 Å². The molecular formula is C18H19FN4O3S. The van der Waals surface area contributed by atoms with E-state index in [-0.39, 0.29) is 17.6 Å². The summed E-state index contributed by atoms with van der Waals surface area (Å²) in [5, 5.41) is 6.12. The lowest BCUT2D eigenvalue weighted by atomic mass is 10.1. The molecule has 27 heavy (non-hydrogen) atoms. The Morgan fingerprint density at radius 3 is 2.81 bits per heavy atom. The molecule has 1 amide bonds. The van der Waals surface area contributed by atoms with Gasteiger partial charge in [-0.25, -0.2) is 12.8 Å². The van der Waals surface area contributed by atoms with Gasteiger partial charge in [0, 0.05) is 26.1 Å². The summed E-state index contributed by atoms with van der Waals surface area (Å²) in [5.41, 5.74) is 1.64. The maximum absolute atomic E-state index is 13.9. The zero-order valence-corrected chi connectivity index (χ0v) is 15.2. The molecule has 0 spiro atoms. The van der Waals surface area contributed by atoms with E-state index in [0.29, 0.717) is 18.7 Å². The molecule has 3 N–H and O–H groups in total. The molecule has 7 nitrogen and oxygen atoms in total. The summed E-state index contributed by atoms with van der Waals surface area (Å²) in [6.45, 7) is 2.28. The van der Waals surface area contributed by atoms with Gasteiger partial charge in [0.1, 0.15) is 10.7 Å². The normalized spacial score (nSPS) is 19.5. The molecule has 0 aromatic heterocycles. The van der Waals surface area contributed by atoms with E-state index in [1.165, 1.54) is 18.2 Å². The summed E-state index contributed by atoms with van der Waals surface area (Å²) in [7, 11) is -4.08. The molecule has 1 fully saturated rings. The summed E-state index contributed by atoms with van der Waals surface area (Å²) in [6, 6.07) is 10.2. The Balaban J connectivity index is 1.67. The van der Waals surface area contributed by atoms with Gasteiger partial charge < -0.3 is 15.5 Å². The number of hydrogen-bond donors (Lipinski definition) is 3.